The van der Waals surface area contributed by atoms with E-state index in [1.165, 1.54) is 23.5 Å². The predicted octanol–water partition coefficient (Wildman–Crippen LogP) is 5.29. The highest BCUT2D eigenvalue weighted by molar-refractivity contribution is 9.10. The van der Waals surface area contributed by atoms with Gasteiger partial charge in [0.25, 0.3) is 0 Å². The number of benzene rings is 1. The van der Waals surface area contributed by atoms with E-state index >= 15 is 0 Å². The summed E-state index contributed by atoms with van der Waals surface area (Å²) in [5, 5.41) is 3.03. The lowest BCUT2D eigenvalue weighted by Gasteiger charge is -2.19. The Labute approximate surface area is 132 Å². The highest BCUT2D eigenvalue weighted by atomic mass is 79.9. The number of aromatic nitrogens is 1. The van der Waals surface area contributed by atoms with E-state index in [-0.39, 0.29) is 17.5 Å². The molecule has 1 atom stereocenters. The first-order chi connectivity index (χ1) is 9.76. The molecule has 1 unspecified atom stereocenters. The van der Waals surface area contributed by atoms with Crippen LogP contribution in [0.15, 0.2) is 28.2 Å². The smallest absolute Gasteiger partial charge is 0.404 e. The number of hydrogen-bond acceptors (Lipinski definition) is 4. The van der Waals surface area contributed by atoms with Crippen LogP contribution in [0.25, 0.3) is 0 Å². The Balaban J connectivity index is 2.25. The van der Waals surface area contributed by atoms with Crippen LogP contribution in [0.2, 0.25) is 0 Å². The van der Waals surface area contributed by atoms with Crippen LogP contribution >= 0.6 is 27.3 Å². The fourth-order valence-electron chi connectivity index (χ4n) is 1.85. The molecule has 0 radical (unpaired) electrons. The molecule has 0 bridgehead atoms. The quantitative estimate of drug-likeness (QED) is 0.782. The summed E-state index contributed by atoms with van der Waals surface area (Å²) in [7, 11) is 0. The number of ether oxygens (including phenoxy) is 1. The van der Waals surface area contributed by atoms with Gasteiger partial charge in [0.1, 0.15) is 0 Å². The number of anilines is 1. The maximum Gasteiger partial charge on any atom is 0.573 e. The van der Waals surface area contributed by atoms with Crippen molar-refractivity contribution in [2.45, 2.75) is 26.3 Å². The summed E-state index contributed by atoms with van der Waals surface area (Å²) >= 11 is 4.59. The van der Waals surface area contributed by atoms with Gasteiger partial charge >= 0.3 is 6.36 Å². The van der Waals surface area contributed by atoms with Crippen LogP contribution < -0.4 is 10.1 Å². The van der Waals surface area contributed by atoms with Crippen LogP contribution in [0.3, 0.4) is 0 Å². The number of thiazole rings is 1. The topological polar surface area (TPSA) is 34.2 Å². The van der Waals surface area contributed by atoms with Crippen molar-refractivity contribution in [3.05, 3.63) is 38.8 Å². The molecular weight excluding hydrogens is 369 g/mol. The van der Waals surface area contributed by atoms with Crippen molar-refractivity contribution in [1.82, 2.24) is 4.98 Å². The Hall–Kier alpha value is -1.28. The van der Waals surface area contributed by atoms with E-state index in [9.17, 15) is 13.2 Å². The summed E-state index contributed by atoms with van der Waals surface area (Å²) in [5.41, 5.74) is 2.84. The molecule has 0 aliphatic heterocycles. The van der Waals surface area contributed by atoms with Crippen molar-refractivity contribution in [2.24, 2.45) is 0 Å². The van der Waals surface area contributed by atoms with E-state index < -0.39 is 6.36 Å². The van der Waals surface area contributed by atoms with Gasteiger partial charge in [0.15, 0.2) is 5.75 Å². The zero-order chi connectivity index (χ0) is 15.6. The fraction of sp³-hybridized carbons (Fsp3) is 0.308. The van der Waals surface area contributed by atoms with Gasteiger partial charge in [0.05, 0.1) is 22.9 Å². The van der Waals surface area contributed by atoms with Gasteiger partial charge in [-0.2, -0.15) is 0 Å². The zero-order valence-corrected chi connectivity index (χ0v) is 13.6. The Morgan fingerprint density at radius 3 is 2.67 bits per heavy atom. The van der Waals surface area contributed by atoms with Gasteiger partial charge in [0, 0.05) is 9.35 Å². The molecule has 1 aromatic heterocycles. The van der Waals surface area contributed by atoms with Gasteiger partial charge < -0.3 is 10.1 Å². The molecule has 21 heavy (non-hydrogen) atoms. The third-order valence-electron chi connectivity index (χ3n) is 2.72. The lowest BCUT2D eigenvalue weighted by Crippen LogP contribution is -2.18. The molecule has 0 saturated carbocycles. The molecule has 0 spiro atoms. The largest absolute Gasteiger partial charge is 0.573 e. The first kappa shape index (κ1) is 16.1. The second kappa shape index (κ2) is 6.23. The summed E-state index contributed by atoms with van der Waals surface area (Å²) in [4.78, 5) is 5.10. The number of alkyl halides is 3. The SMILES string of the molecule is Cc1ncsc1C(C)Nc1ccc(Br)cc1OC(F)(F)F. The van der Waals surface area contributed by atoms with Crippen LogP contribution in [-0.2, 0) is 0 Å². The minimum absolute atomic E-state index is 0.172. The molecule has 1 aromatic carbocycles. The lowest BCUT2D eigenvalue weighted by molar-refractivity contribution is -0.274. The highest BCUT2D eigenvalue weighted by Gasteiger charge is 2.32. The first-order valence-electron chi connectivity index (χ1n) is 5.98. The van der Waals surface area contributed by atoms with E-state index in [4.69, 9.17) is 0 Å². The maximum absolute atomic E-state index is 12.5. The van der Waals surface area contributed by atoms with Crippen LogP contribution in [-0.4, -0.2) is 11.3 Å². The van der Waals surface area contributed by atoms with Crippen LogP contribution in [0.1, 0.15) is 23.5 Å². The number of hydrogen-bond donors (Lipinski definition) is 1. The summed E-state index contributed by atoms with van der Waals surface area (Å²) in [6.07, 6.45) is -4.74. The van der Waals surface area contributed by atoms with Crippen molar-refractivity contribution >= 4 is 33.0 Å². The predicted molar refractivity (Wildman–Crippen MR) is 79.7 cm³/mol. The summed E-state index contributed by atoms with van der Waals surface area (Å²) in [6, 6.07) is 4.30. The number of nitrogens with zero attached hydrogens (tertiary/aromatic N) is 1. The molecule has 0 aliphatic carbocycles. The average Bonchev–Trinajstić information content (AvgIpc) is 2.77. The molecule has 114 valence electrons. The van der Waals surface area contributed by atoms with Gasteiger partial charge in [-0.3, -0.25) is 0 Å². The van der Waals surface area contributed by atoms with Gasteiger partial charge in [-0.25, -0.2) is 4.98 Å². The molecule has 0 fully saturated rings. The molecular formula is C13H12BrF3N2OS. The second-order valence-corrected chi connectivity index (χ2v) is 6.16. The molecule has 1 N–H and O–H groups in total. The number of nitrogens with one attached hydrogen (secondary N) is 1. The first-order valence-corrected chi connectivity index (χ1v) is 7.65. The molecule has 0 saturated heterocycles. The van der Waals surface area contributed by atoms with Gasteiger partial charge in [-0.15, -0.1) is 24.5 Å². The fourth-order valence-corrected chi connectivity index (χ4v) is 3.00. The van der Waals surface area contributed by atoms with Gasteiger partial charge in [0.2, 0.25) is 0 Å². The molecule has 0 aliphatic rings. The number of aryl methyl sites for hydroxylation is 1. The Morgan fingerprint density at radius 1 is 1.38 bits per heavy atom. The lowest BCUT2D eigenvalue weighted by atomic mass is 10.2. The van der Waals surface area contributed by atoms with Crippen molar-refractivity contribution in [3.8, 4) is 5.75 Å². The van der Waals surface area contributed by atoms with Crippen LogP contribution in [0.4, 0.5) is 18.9 Å². The Kier molecular flexibility index (Phi) is 4.77. The monoisotopic (exact) mass is 380 g/mol. The molecule has 0 amide bonds. The molecule has 2 rings (SSSR count). The average molecular weight is 381 g/mol. The van der Waals surface area contributed by atoms with Gasteiger partial charge in [-0.1, -0.05) is 15.9 Å². The zero-order valence-electron chi connectivity index (χ0n) is 11.2. The van der Waals surface area contributed by atoms with Crippen LogP contribution in [0, 0.1) is 6.92 Å². The number of halogens is 4. The third kappa shape index (κ3) is 4.34. The molecule has 1 heterocycles. The summed E-state index contributed by atoms with van der Waals surface area (Å²) < 4.78 is 41.9. The maximum atomic E-state index is 12.5. The minimum atomic E-state index is -4.74. The minimum Gasteiger partial charge on any atom is -0.404 e. The van der Waals surface area contributed by atoms with Crippen molar-refractivity contribution in [2.75, 3.05) is 5.32 Å². The summed E-state index contributed by atoms with van der Waals surface area (Å²) in [6.45, 7) is 3.72. The van der Waals surface area contributed by atoms with E-state index in [1.54, 1.807) is 11.6 Å². The van der Waals surface area contributed by atoms with Crippen molar-refractivity contribution in [1.29, 1.82) is 0 Å². The van der Waals surface area contributed by atoms with E-state index in [0.29, 0.717) is 4.47 Å². The standard InChI is InChI=1S/C13H12BrF3N2OS/c1-7-12(21-6-18-7)8(2)19-10-4-3-9(14)5-11(10)20-13(15,16)17/h3-6,8,19H,1-2H3. The van der Waals surface area contributed by atoms with E-state index in [0.717, 1.165) is 10.6 Å². The summed E-state index contributed by atoms with van der Waals surface area (Å²) in [5.74, 6) is -0.272. The van der Waals surface area contributed by atoms with Gasteiger partial charge in [-0.05, 0) is 32.0 Å². The Morgan fingerprint density at radius 2 is 2.10 bits per heavy atom. The number of rotatable bonds is 4. The Bertz CT molecular complexity index is 630. The van der Waals surface area contributed by atoms with E-state index in [1.807, 2.05) is 13.8 Å². The van der Waals surface area contributed by atoms with E-state index in [2.05, 4.69) is 31.0 Å². The van der Waals surface area contributed by atoms with Crippen molar-refractivity contribution in [3.63, 3.8) is 0 Å². The normalized spacial score (nSPS) is 13.0. The third-order valence-corrected chi connectivity index (χ3v) is 4.32. The van der Waals surface area contributed by atoms with Crippen molar-refractivity contribution < 1.29 is 17.9 Å². The molecule has 2 aromatic rings. The highest BCUT2D eigenvalue weighted by Crippen LogP contribution is 2.35. The second-order valence-electron chi connectivity index (χ2n) is 4.36. The molecule has 3 nitrogen and oxygen atoms in total. The molecule has 8 heteroatoms. The van der Waals surface area contributed by atoms with Crippen LogP contribution in [0.5, 0.6) is 5.75 Å².